The largest absolute Gasteiger partial charge is 0.371 e. The number of anilines is 3. The Balaban J connectivity index is 1.16. The zero-order chi connectivity index (χ0) is 33.4. The summed E-state index contributed by atoms with van der Waals surface area (Å²) in [5.74, 6) is 1.73. The molecule has 3 aromatic rings. The van der Waals surface area contributed by atoms with Crippen LogP contribution in [0.15, 0.2) is 49.1 Å². The fraction of sp³-hybridized carbons (Fsp3) is 0.526. The number of hydrogen-bond acceptors (Lipinski definition) is 8. The van der Waals surface area contributed by atoms with Gasteiger partial charge in [-0.1, -0.05) is 56.3 Å². The standard InChI is InChI=1S/C38H47ClN8O/c1-4-34(48)47-22-21-45(24-28(47)14-18-40)36-30-13-15-38(23-32(30)41-37(42-36)46-25-29(26-46)43(5-2)6-3)16-19-44(20-17-38)33-12-8-10-27-9-7-11-31(39)35(27)33/h4,7-12,28-29H,1,5-6,13-17,19-26H2,2-3H3/t28-/m0/s1. The van der Waals surface area contributed by atoms with Gasteiger partial charge < -0.3 is 19.6 Å². The molecule has 3 fully saturated rings. The molecule has 1 aromatic heterocycles. The Labute approximate surface area is 289 Å². The zero-order valence-corrected chi connectivity index (χ0v) is 29.1. The molecule has 252 valence electrons. The molecule has 48 heavy (non-hydrogen) atoms. The first kappa shape index (κ1) is 32.7. The highest BCUT2D eigenvalue weighted by Gasteiger charge is 2.42. The number of nitriles is 1. The van der Waals surface area contributed by atoms with Crippen molar-refractivity contribution in [1.82, 2.24) is 19.8 Å². The molecule has 0 N–H and O–H groups in total. The Kier molecular flexibility index (Phi) is 9.23. The van der Waals surface area contributed by atoms with Crippen LogP contribution in [0.25, 0.3) is 10.8 Å². The molecular weight excluding hydrogens is 620 g/mol. The zero-order valence-electron chi connectivity index (χ0n) is 28.4. The quantitative estimate of drug-likeness (QED) is 0.283. The van der Waals surface area contributed by atoms with Crippen LogP contribution in [0.1, 0.15) is 50.8 Å². The first-order valence-corrected chi connectivity index (χ1v) is 18.1. The number of benzene rings is 2. The van der Waals surface area contributed by atoms with Crippen LogP contribution in [0.3, 0.4) is 0 Å². The van der Waals surface area contributed by atoms with Gasteiger partial charge in [0.2, 0.25) is 11.9 Å². The lowest BCUT2D eigenvalue weighted by molar-refractivity contribution is -0.128. The maximum atomic E-state index is 12.7. The summed E-state index contributed by atoms with van der Waals surface area (Å²) in [5, 5.41) is 12.8. The molecule has 2 aromatic carbocycles. The third-order valence-corrected chi connectivity index (χ3v) is 11.9. The maximum absolute atomic E-state index is 12.7. The average Bonchev–Trinajstić information content (AvgIpc) is 3.09. The molecule has 7 rings (SSSR count). The molecule has 0 bridgehead atoms. The van der Waals surface area contributed by atoms with E-state index in [1.54, 1.807) is 4.90 Å². The number of nitrogens with zero attached hydrogens (tertiary/aromatic N) is 8. The summed E-state index contributed by atoms with van der Waals surface area (Å²) in [6.45, 7) is 15.9. The van der Waals surface area contributed by atoms with Gasteiger partial charge in [0.25, 0.3) is 0 Å². The number of carbonyl (C=O) groups excluding carboxylic acids is 1. The molecule has 3 saturated heterocycles. The van der Waals surface area contributed by atoms with Crippen LogP contribution < -0.4 is 14.7 Å². The van der Waals surface area contributed by atoms with Crippen molar-refractivity contribution in [3.05, 3.63) is 65.3 Å². The van der Waals surface area contributed by atoms with Gasteiger partial charge >= 0.3 is 0 Å². The normalized spacial score (nSPS) is 20.9. The highest BCUT2D eigenvalue weighted by atomic mass is 35.5. The topological polar surface area (TPSA) is 82.8 Å². The third kappa shape index (κ3) is 5.98. The van der Waals surface area contributed by atoms with Crippen LogP contribution >= 0.6 is 11.6 Å². The molecule has 1 amide bonds. The average molecular weight is 667 g/mol. The van der Waals surface area contributed by atoms with Crippen molar-refractivity contribution in [1.29, 1.82) is 5.26 Å². The van der Waals surface area contributed by atoms with Crippen molar-refractivity contribution in [2.24, 2.45) is 5.41 Å². The van der Waals surface area contributed by atoms with Crippen molar-refractivity contribution in [2.75, 3.05) is 73.6 Å². The Morgan fingerprint density at radius 3 is 2.48 bits per heavy atom. The summed E-state index contributed by atoms with van der Waals surface area (Å²) in [7, 11) is 0. The fourth-order valence-corrected chi connectivity index (χ4v) is 8.94. The number of halogens is 1. The first-order valence-electron chi connectivity index (χ1n) is 17.7. The minimum absolute atomic E-state index is 0.109. The molecule has 3 aliphatic heterocycles. The Morgan fingerprint density at radius 2 is 1.77 bits per heavy atom. The summed E-state index contributed by atoms with van der Waals surface area (Å²) in [6, 6.07) is 15.3. The van der Waals surface area contributed by atoms with E-state index in [0.29, 0.717) is 25.7 Å². The molecule has 10 heteroatoms. The molecule has 0 radical (unpaired) electrons. The van der Waals surface area contributed by atoms with E-state index in [4.69, 9.17) is 21.6 Å². The molecule has 1 atom stereocenters. The number of piperazine rings is 1. The Morgan fingerprint density at radius 1 is 1.02 bits per heavy atom. The summed E-state index contributed by atoms with van der Waals surface area (Å²) in [5.41, 5.74) is 3.89. The molecule has 4 heterocycles. The van der Waals surface area contributed by atoms with E-state index in [1.165, 1.54) is 28.4 Å². The number of amides is 1. The van der Waals surface area contributed by atoms with Gasteiger partial charge in [0.1, 0.15) is 5.82 Å². The van der Waals surface area contributed by atoms with E-state index >= 15 is 0 Å². The van der Waals surface area contributed by atoms with Crippen LogP contribution in [-0.2, 0) is 17.6 Å². The summed E-state index contributed by atoms with van der Waals surface area (Å²) < 4.78 is 0. The smallest absolute Gasteiger partial charge is 0.246 e. The fourth-order valence-electron chi connectivity index (χ4n) is 8.66. The van der Waals surface area contributed by atoms with Crippen LogP contribution in [0.2, 0.25) is 5.02 Å². The van der Waals surface area contributed by atoms with Crippen LogP contribution in [-0.4, -0.2) is 96.7 Å². The minimum Gasteiger partial charge on any atom is -0.371 e. The first-order chi connectivity index (χ1) is 23.4. The number of hydrogen-bond donors (Lipinski definition) is 0. The van der Waals surface area contributed by atoms with Crippen molar-refractivity contribution in [3.8, 4) is 6.07 Å². The molecule has 1 aliphatic carbocycles. The predicted octanol–water partition coefficient (Wildman–Crippen LogP) is 5.71. The highest BCUT2D eigenvalue weighted by molar-refractivity contribution is 6.36. The monoisotopic (exact) mass is 666 g/mol. The number of aromatic nitrogens is 2. The van der Waals surface area contributed by atoms with Gasteiger partial charge in [0, 0.05) is 68.5 Å². The number of carbonyl (C=O) groups is 1. The van der Waals surface area contributed by atoms with E-state index < -0.39 is 0 Å². The summed E-state index contributed by atoms with van der Waals surface area (Å²) in [6.07, 6.45) is 6.89. The second-order valence-corrected chi connectivity index (χ2v) is 14.4. The summed E-state index contributed by atoms with van der Waals surface area (Å²) in [4.78, 5) is 34.8. The molecule has 0 saturated carbocycles. The van der Waals surface area contributed by atoms with Gasteiger partial charge in [-0.15, -0.1) is 0 Å². The van der Waals surface area contributed by atoms with Crippen LogP contribution in [0.4, 0.5) is 17.5 Å². The second kappa shape index (κ2) is 13.6. The Hall–Kier alpha value is -3.87. The lowest BCUT2D eigenvalue weighted by Gasteiger charge is -2.48. The number of likely N-dealkylation sites (N-methyl/N-ethyl adjacent to an activating group) is 1. The van der Waals surface area contributed by atoms with Gasteiger partial charge in [-0.05, 0) is 74.2 Å². The molecular formula is C38H47ClN8O. The molecule has 4 aliphatic rings. The lowest BCUT2D eigenvalue weighted by atomic mass is 9.67. The van der Waals surface area contributed by atoms with Crippen LogP contribution in [0.5, 0.6) is 0 Å². The van der Waals surface area contributed by atoms with Gasteiger partial charge in [-0.25, -0.2) is 4.98 Å². The maximum Gasteiger partial charge on any atom is 0.246 e. The van der Waals surface area contributed by atoms with E-state index in [0.717, 1.165) is 93.5 Å². The van der Waals surface area contributed by atoms with E-state index in [1.807, 2.05) is 12.1 Å². The van der Waals surface area contributed by atoms with Gasteiger partial charge in [0.05, 0.1) is 29.2 Å². The van der Waals surface area contributed by atoms with Crippen molar-refractivity contribution in [3.63, 3.8) is 0 Å². The second-order valence-electron chi connectivity index (χ2n) is 14.0. The van der Waals surface area contributed by atoms with Crippen molar-refractivity contribution in [2.45, 2.75) is 64.5 Å². The minimum atomic E-state index is -0.193. The van der Waals surface area contributed by atoms with Gasteiger partial charge in [-0.2, -0.15) is 10.2 Å². The van der Waals surface area contributed by atoms with E-state index in [2.05, 4.69) is 70.4 Å². The third-order valence-electron chi connectivity index (χ3n) is 11.5. The highest BCUT2D eigenvalue weighted by Crippen LogP contribution is 2.47. The summed E-state index contributed by atoms with van der Waals surface area (Å²) >= 11 is 6.72. The van der Waals surface area contributed by atoms with Crippen molar-refractivity contribution >= 4 is 45.7 Å². The molecule has 9 nitrogen and oxygen atoms in total. The van der Waals surface area contributed by atoms with Crippen LogP contribution in [0, 0.1) is 16.7 Å². The Bertz CT molecular complexity index is 1710. The lowest BCUT2D eigenvalue weighted by Crippen LogP contribution is -2.60. The SMILES string of the molecule is C=CC(=O)N1CCN(c2nc(N3CC(N(CC)CC)C3)nc3c2CCC2(CCN(c4cccc5cccc(Cl)c45)CC2)C3)C[C@@H]1CC#N. The number of rotatable bonds is 8. The van der Waals surface area contributed by atoms with E-state index in [-0.39, 0.29) is 23.8 Å². The number of piperidine rings is 1. The number of fused-ring (bicyclic) bond motifs is 2. The molecule has 0 unspecified atom stereocenters. The van der Waals surface area contributed by atoms with Crippen molar-refractivity contribution < 1.29 is 4.79 Å². The van der Waals surface area contributed by atoms with E-state index in [9.17, 15) is 10.1 Å². The van der Waals surface area contributed by atoms with Gasteiger partial charge in [0.15, 0.2) is 0 Å². The predicted molar refractivity (Wildman–Crippen MR) is 194 cm³/mol. The van der Waals surface area contributed by atoms with Gasteiger partial charge in [-0.3, -0.25) is 9.69 Å². The molecule has 1 spiro atoms.